The lowest BCUT2D eigenvalue weighted by atomic mass is 10.0. The van der Waals surface area contributed by atoms with Crippen LogP contribution in [0.4, 0.5) is 10.1 Å². The maximum Gasteiger partial charge on any atom is 0.262 e. The number of fused-ring (bicyclic) bond motifs is 3. The van der Waals surface area contributed by atoms with Gasteiger partial charge >= 0.3 is 0 Å². The van der Waals surface area contributed by atoms with Gasteiger partial charge in [-0.15, -0.1) is 0 Å². The zero-order chi connectivity index (χ0) is 12.0. The molecule has 1 aliphatic rings. The van der Waals surface area contributed by atoms with E-state index in [1.54, 1.807) is 18.2 Å². The lowest BCUT2D eigenvalue weighted by molar-refractivity contribution is 0.600. The van der Waals surface area contributed by atoms with E-state index in [0.29, 0.717) is 16.8 Å². The second-order valence-corrected chi connectivity index (χ2v) is 5.44. The minimum Gasteiger partial charge on any atom is -0.279 e. The molecule has 0 bridgehead atoms. The SMILES string of the molecule is O=S1(=O)Nc2ccc(F)cc2-c2ccccc21. The third kappa shape index (κ3) is 1.51. The van der Waals surface area contributed by atoms with Crippen molar-refractivity contribution < 1.29 is 12.8 Å². The fraction of sp³-hybridized carbons (Fsp3) is 0. The number of hydrogen-bond acceptors (Lipinski definition) is 2. The highest BCUT2D eigenvalue weighted by Crippen LogP contribution is 2.38. The fourth-order valence-electron chi connectivity index (χ4n) is 1.95. The molecule has 0 radical (unpaired) electrons. The number of halogens is 1. The molecular weight excluding hydrogens is 241 g/mol. The molecule has 0 saturated heterocycles. The predicted octanol–water partition coefficient (Wildman–Crippen LogP) is 2.61. The van der Waals surface area contributed by atoms with Gasteiger partial charge in [-0.1, -0.05) is 18.2 Å². The van der Waals surface area contributed by atoms with Crippen molar-refractivity contribution in [1.82, 2.24) is 0 Å². The van der Waals surface area contributed by atoms with Crippen LogP contribution < -0.4 is 4.72 Å². The van der Waals surface area contributed by atoms with Crippen LogP contribution in [-0.4, -0.2) is 8.42 Å². The van der Waals surface area contributed by atoms with Gasteiger partial charge in [-0.2, -0.15) is 0 Å². The average Bonchev–Trinajstić information content (AvgIpc) is 2.30. The van der Waals surface area contributed by atoms with Crippen LogP contribution in [0.5, 0.6) is 0 Å². The molecule has 3 rings (SSSR count). The molecule has 1 aliphatic heterocycles. The monoisotopic (exact) mass is 249 g/mol. The molecular formula is C12H8FNO2S. The lowest BCUT2D eigenvalue weighted by Crippen LogP contribution is -2.18. The number of rotatable bonds is 0. The number of anilines is 1. The van der Waals surface area contributed by atoms with Crippen molar-refractivity contribution in [3.63, 3.8) is 0 Å². The minimum absolute atomic E-state index is 0.179. The largest absolute Gasteiger partial charge is 0.279 e. The van der Waals surface area contributed by atoms with Crippen LogP contribution in [0.2, 0.25) is 0 Å². The van der Waals surface area contributed by atoms with E-state index in [1.807, 2.05) is 0 Å². The summed E-state index contributed by atoms with van der Waals surface area (Å²) in [5.41, 5.74) is 1.50. The molecule has 5 heteroatoms. The number of nitrogens with one attached hydrogen (secondary N) is 1. The third-order valence-electron chi connectivity index (χ3n) is 2.69. The van der Waals surface area contributed by atoms with E-state index >= 15 is 0 Å². The maximum absolute atomic E-state index is 13.2. The second-order valence-electron chi connectivity index (χ2n) is 3.79. The van der Waals surface area contributed by atoms with Gasteiger partial charge in [0.2, 0.25) is 0 Å². The third-order valence-corrected chi connectivity index (χ3v) is 4.12. The molecule has 1 N–H and O–H groups in total. The summed E-state index contributed by atoms with van der Waals surface area (Å²) in [5, 5.41) is 0. The molecule has 0 fully saturated rings. The Balaban J connectivity index is 2.41. The predicted molar refractivity (Wildman–Crippen MR) is 62.6 cm³/mol. The van der Waals surface area contributed by atoms with E-state index in [-0.39, 0.29) is 10.7 Å². The van der Waals surface area contributed by atoms with Gasteiger partial charge in [0, 0.05) is 11.1 Å². The quantitative estimate of drug-likeness (QED) is 0.780. The van der Waals surface area contributed by atoms with Gasteiger partial charge in [0.25, 0.3) is 10.0 Å². The van der Waals surface area contributed by atoms with Crippen molar-refractivity contribution in [2.75, 3.05) is 4.72 Å². The Labute approximate surface area is 98.0 Å². The van der Waals surface area contributed by atoms with Crippen molar-refractivity contribution in [1.29, 1.82) is 0 Å². The van der Waals surface area contributed by atoms with E-state index in [4.69, 9.17) is 0 Å². The Morgan fingerprint density at radius 3 is 2.59 bits per heavy atom. The molecule has 86 valence electrons. The Hall–Kier alpha value is -1.88. The van der Waals surface area contributed by atoms with Gasteiger partial charge < -0.3 is 0 Å². The van der Waals surface area contributed by atoms with Crippen LogP contribution in [0.25, 0.3) is 11.1 Å². The molecule has 0 aliphatic carbocycles. The van der Waals surface area contributed by atoms with Gasteiger partial charge in [0.05, 0.1) is 10.6 Å². The Bertz CT molecular complexity index is 710. The molecule has 2 aromatic rings. The summed E-state index contributed by atoms with van der Waals surface area (Å²) in [4.78, 5) is 0.179. The molecule has 3 nitrogen and oxygen atoms in total. The van der Waals surface area contributed by atoms with Gasteiger partial charge in [-0.3, -0.25) is 4.72 Å². The van der Waals surface area contributed by atoms with E-state index < -0.39 is 10.0 Å². The first-order valence-corrected chi connectivity index (χ1v) is 6.48. The average molecular weight is 249 g/mol. The van der Waals surface area contributed by atoms with Crippen molar-refractivity contribution in [2.45, 2.75) is 4.90 Å². The van der Waals surface area contributed by atoms with Crippen molar-refractivity contribution in [3.8, 4) is 11.1 Å². The summed E-state index contributed by atoms with van der Waals surface area (Å²) in [6, 6.07) is 10.5. The Morgan fingerprint density at radius 2 is 1.76 bits per heavy atom. The zero-order valence-corrected chi connectivity index (χ0v) is 9.46. The minimum atomic E-state index is -3.54. The first kappa shape index (κ1) is 10.3. The van der Waals surface area contributed by atoms with Crippen LogP contribution in [-0.2, 0) is 10.0 Å². The normalized spacial score (nSPS) is 15.6. The van der Waals surface area contributed by atoms with Gasteiger partial charge in [0.1, 0.15) is 5.82 Å². The molecule has 0 unspecified atom stereocenters. The summed E-state index contributed by atoms with van der Waals surface area (Å²) in [5.74, 6) is -0.389. The van der Waals surface area contributed by atoms with Crippen molar-refractivity contribution >= 4 is 15.7 Å². The van der Waals surface area contributed by atoms with E-state index in [1.165, 1.54) is 24.3 Å². The van der Waals surface area contributed by atoms with Crippen LogP contribution in [0.1, 0.15) is 0 Å². The van der Waals surface area contributed by atoms with Crippen LogP contribution in [0, 0.1) is 5.82 Å². The summed E-state index contributed by atoms with van der Waals surface area (Å²) < 4.78 is 39.5. The number of hydrogen-bond donors (Lipinski definition) is 1. The fourth-order valence-corrected chi connectivity index (χ4v) is 3.25. The van der Waals surface area contributed by atoms with Gasteiger partial charge in [-0.05, 0) is 24.3 Å². The Morgan fingerprint density at radius 1 is 1.00 bits per heavy atom. The molecule has 1 heterocycles. The summed E-state index contributed by atoms with van der Waals surface area (Å²) in [6.45, 7) is 0. The zero-order valence-electron chi connectivity index (χ0n) is 8.64. The maximum atomic E-state index is 13.2. The van der Waals surface area contributed by atoms with Crippen LogP contribution in [0.15, 0.2) is 47.4 Å². The number of sulfonamides is 1. The second kappa shape index (κ2) is 3.30. The molecule has 0 aromatic heterocycles. The lowest BCUT2D eigenvalue weighted by Gasteiger charge is -2.21. The summed E-state index contributed by atoms with van der Waals surface area (Å²) in [6.07, 6.45) is 0. The number of benzene rings is 2. The smallest absolute Gasteiger partial charge is 0.262 e. The van der Waals surface area contributed by atoms with E-state index in [0.717, 1.165) is 0 Å². The highest BCUT2D eigenvalue weighted by atomic mass is 32.2. The Kier molecular flexibility index (Phi) is 2.00. The molecule has 17 heavy (non-hydrogen) atoms. The first-order valence-electron chi connectivity index (χ1n) is 5.00. The first-order chi connectivity index (χ1) is 8.08. The molecule has 0 amide bonds. The van der Waals surface area contributed by atoms with E-state index in [9.17, 15) is 12.8 Å². The molecule has 0 spiro atoms. The van der Waals surface area contributed by atoms with Gasteiger partial charge in [-0.25, -0.2) is 12.8 Å². The van der Waals surface area contributed by atoms with E-state index in [2.05, 4.69) is 4.72 Å². The van der Waals surface area contributed by atoms with Crippen molar-refractivity contribution in [3.05, 3.63) is 48.3 Å². The van der Waals surface area contributed by atoms with Crippen molar-refractivity contribution in [2.24, 2.45) is 0 Å². The highest BCUT2D eigenvalue weighted by molar-refractivity contribution is 7.93. The van der Waals surface area contributed by atoms with Crippen LogP contribution in [0.3, 0.4) is 0 Å². The van der Waals surface area contributed by atoms with Gasteiger partial charge in [0.15, 0.2) is 0 Å². The standard InChI is InChI=1S/C12H8FNO2S/c13-8-5-6-11-10(7-8)9-3-1-2-4-12(9)17(15,16)14-11/h1-7,14H. The molecule has 0 atom stereocenters. The van der Waals surface area contributed by atoms with Crippen LogP contribution >= 0.6 is 0 Å². The molecule has 2 aromatic carbocycles. The highest BCUT2D eigenvalue weighted by Gasteiger charge is 2.26. The summed E-state index contributed by atoms with van der Waals surface area (Å²) >= 11 is 0. The molecule has 0 saturated carbocycles. The summed E-state index contributed by atoms with van der Waals surface area (Å²) in [7, 11) is -3.54. The topological polar surface area (TPSA) is 46.2 Å².